The number of imidazole rings is 4. The fourth-order valence-electron chi connectivity index (χ4n) is 13.0. The average molecular weight is 2130 g/mol. The predicted molar refractivity (Wildman–Crippen MR) is 551 cm³/mol. The highest BCUT2D eigenvalue weighted by molar-refractivity contribution is 8.14. The van der Waals surface area contributed by atoms with E-state index in [0.29, 0.717) is 63.3 Å². The highest BCUT2D eigenvalue weighted by Gasteiger charge is 2.32. The van der Waals surface area contributed by atoms with Gasteiger partial charge >= 0.3 is 30.4 Å². The normalized spacial score (nSPS) is 13.6. The summed E-state index contributed by atoms with van der Waals surface area (Å²) in [7, 11) is -14.5. The van der Waals surface area contributed by atoms with Gasteiger partial charge in [-0.05, 0) is 42.0 Å². The number of nitrogens with one attached hydrogen (secondary N) is 4. The van der Waals surface area contributed by atoms with E-state index in [9.17, 15) is 56.6 Å². The van der Waals surface area contributed by atoms with Gasteiger partial charge in [-0.1, -0.05) is 241 Å². The van der Waals surface area contributed by atoms with Crippen molar-refractivity contribution < 1.29 is 92.6 Å². The number of fused-ring (bicyclic) bond motifs is 4. The van der Waals surface area contributed by atoms with E-state index in [1.54, 1.807) is 54.7 Å². The van der Waals surface area contributed by atoms with E-state index < -0.39 is 52.6 Å². The third-order valence-corrected chi connectivity index (χ3v) is 30.4. The van der Waals surface area contributed by atoms with E-state index in [4.69, 9.17) is 78.1 Å². The maximum atomic E-state index is 13.4. The number of aryl methyl sites for hydroxylation is 1. The Morgan fingerprint density at radius 1 is 0.375 bits per heavy atom. The number of hydrogen-bond donors (Lipinski definition) is 8. The van der Waals surface area contributed by atoms with E-state index in [1.807, 2.05) is 146 Å². The Morgan fingerprint density at radius 2 is 0.646 bits per heavy atom. The lowest BCUT2D eigenvalue weighted by molar-refractivity contribution is -0.116. The van der Waals surface area contributed by atoms with Crippen molar-refractivity contribution in [2.45, 2.75) is 85.2 Å². The van der Waals surface area contributed by atoms with Crippen molar-refractivity contribution in [2.75, 3.05) is 124 Å². The summed E-state index contributed by atoms with van der Waals surface area (Å²) in [4.78, 5) is 138. The molecule has 14 aromatic rings. The van der Waals surface area contributed by atoms with Crippen LogP contribution in [0, 0.1) is 12.8 Å². The van der Waals surface area contributed by atoms with Crippen LogP contribution in [-0.4, -0.2) is 200 Å². The summed E-state index contributed by atoms with van der Waals surface area (Å²) in [5.41, 5.74) is 28.3. The first-order chi connectivity index (χ1) is 69.6. The quantitative estimate of drug-likeness (QED) is 0.00997. The lowest BCUT2D eigenvalue weighted by atomic mass is 9.87. The van der Waals surface area contributed by atoms with Gasteiger partial charge in [-0.3, -0.25) is 76.6 Å². The van der Waals surface area contributed by atoms with Crippen LogP contribution in [0.5, 0.6) is 0 Å². The molecule has 4 atom stereocenters. The molecule has 44 nitrogen and oxygen atoms in total. The van der Waals surface area contributed by atoms with Crippen LogP contribution in [0.4, 0.5) is 23.8 Å². The summed E-state index contributed by atoms with van der Waals surface area (Å²) < 4.78 is 127. The molecule has 15 rings (SSSR count). The molecule has 8 heterocycles. The number of rotatable bonds is 53. The topological polar surface area (TPSA) is 606 Å². The molecule has 1 fully saturated rings. The molecule has 764 valence electrons. The van der Waals surface area contributed by atoms with E-state index >= 15 is 0 Å². The van der Waals surface area contributed by atoms with Gasteiger partial charge in [0.25, 0.3) is 22.2 Å². The summed E-state index contributed by atoms with van der Waals surface area (Å²) in [6, 6.07) is 53.4. The molecule has 0 radical (unpaired) electrons. The van der Waals surface area contributed by atoms with Gasteiger partial charge < -0.3 is 96.3 Å². The number of benzene rings is 6. The van der Waals surface area contributed by atoms with Crippen LogP contribution in [0.15, 0.2) is 233 Å². The van der Waals surface area contributed by atoms with Crippen molar-refractivity contribution in [3.63, 3.8) is 0 Å². The summed E-state index contributed by atoms with van der Waals surface area (Å²) in [5, 5.41) is -0.0704. The van der Waals surface area contributed by atoms with E-state index in [2.05, 4.69) is 66.4 Å². The Bertz CT molecular complexity index is 7020. The molecule has 0 spiro atoms. The van der Waals surface area contributed by atoms with Crippen molar-refractivity contribution in [2.24, 2.45) is 5.92 Å². The molecule has 1 aliphatic rings. The second kappa shape index (κ2) is 56.6. The molecule has 52 heteroatoms. The minimum Gasteiger partial charge on any atom is -0.369 e. The molecule has 0 amide bonds. The van der Waals surface area contributed by atoms with E-state index in [0.717, 1.165) is 82.4 Å². The zero-order chi connectivity index (χ0) is 102. The van der Waals surface area contributed by atoms with Crippen molar-refractivity contribution in [3.8, 4) is 0 Å². The third-order valence-electron chi connectivity index (χ3n) is 20.5. The minimum absolute atomic E-state index is 0.00830. The Morgan fingerprint density at radius 3 is 0.924 bits per heavy atom. The van der Waals surface area contributed by atoms with Gasteiger partial charge in [-0.15, -0.1) is 6.58 Å². The standard InChI is InChI=1S/C25H28N5O6PS.C24H26N5O6PS.C22H28N5O6PS.C21H26N5O6PS/c1-18-7-9-20(10-8-18)24(32)38-14-13-35-37(33,36-15-19-5-3-2-4-6-19)17-34-12-11-30-16-27-21-22(30)28-25(26)29-23(21)31;25-24-27-21-20(22(30)28-24)26-16-29(21)11-12-33-17-36(32,35-15-18-7-3-1-4-8-18)34-13-14-37-23(31)19-9-5-2-6-10-19;23-22-25-19-18(20(28)26-22)24-14-27(19)9-10-31-15-34(30,33-13-16-5-2-1-3-6-16)32-11-12-35-21(29)17-7-4-8-17;1-2-6-17(27)34-12-11-31-33(29,32-13-16-7-4-3-5-8-16)15-30-10-9-26-14-23-18-19(26)24-21(22)25-20(18)28/h2-10,16H,11-15,17H2,1H3,(H3,26,28,29,31);1-10,16H,11-15,17H2,(H3,25,27,28,30);1-3,5-6,14,17H,4,7-13,15H2,(H3,23,25,26,28);2-5,7-8,14H,1,6,9-13,15H2,(H3,22,24,25,28). The van der Waals surface area contributed by atoms with Gasteiger partial charge in [0, 0.05) is 72.7 Å². The lowest BCUT2D eigenvalue weighted by Gasteiger charge is -2.23. The number of aromatic nitrogens is 16. The first kappa shape index (κ1) is 111. The Hall–Kier alpha value is -11.8. The highest BCUT2D eigenvalue weighted by Crippen LogP contribution is 2.52. The highest BCUT2D eigenvalue weighted by atomic mass is 32.2. The zero-order valence-electron chi connectivity index (χ0n) is 78.1. The number of nitrogen functional groups attached to an aromatic ring is 4. The van der Waals surface area contributed by atoms with Crippen molar-refractivity contribution in [3.05, 3.63) is 294 Å². The molecule has 0 aliphatic heterocycles. The van der Waals surface area contributed by atoms with Gasteiger partial charge in [-0.2, -0.15) is 19.9 Å². The Balaban J connectivity index is 0.000000171. The van der Waals surface area contributed by atoms with Crippen LogP contribution in [-0.2, 0) is 136 Å². The molecule has 12 N–H and O–H groups in total. The fourth-order valence-corrected chi connectivity index (χ4v) is 21.4. The summed E-state index contributed by atoms with van der Waals surface area (Å²) >= 11 is 4.45. The Kier molecular flexibility index (Phi) is 43.6. The number of nitrogens with zero attached hydrogens (tertiary/aromatic N) is 12. The number of anilines is 4. The fraction of sp³-hybridized carbons (Fsp3) is 0.326. The molecular weight excluding hydrogens is 2020 g/mol. The number of carbonyl (C=O) groups excluding carboxylic acids is 4. The number of allylic oxidation sites excluding steroid dienone is 1. The number of H-pyrrole nitrogens is 4. The zero-order valence-corrected chi connectivity index (χ0v) is 85.0. The monoisotopic (exact) mass is 2130 g/mol. The van der Waals surface area contributed by atoms with Crippen LogP contribution >= 0.6 is 77.4 Å². The van der Waals surface area contributed by atoms with Crippen LogP contribution < -0.4 is 45.2 Å². The predicted octanol–water partition coefficient (Wildman–Crippen LogP) is 13.8. The molecule has 8 aromatic heterocycles. The molecular formula is C92H108N20O24P4S4. The van der Waals surface area contributed by atoms with E-state index in [1.165, 1.54) is 43.1 Å². The van der Waals surface area contributed by atoms with Gasteiger partial charge in [0.15, 0.2) is 54.9 Å². The number of thioether (sulfide) groups is 4. The minimum atomic E-state index is -3.66. The molecule has 144 heavy (non-hydrogen) atoms. The summed E-state index contributed by atoms with van der Waals surface area (Å²) in [6.07, 6.45) is 9.48. The molecule has 1 aliphatic carbocycles. The number of carbonyl (C=O) groups is 4. The largest absolute Gasteiger partial charge is 0.369 e. The SMILES string of the molecule is C=CCC(=O)SCCOP(=O)(COCCn1cnc2c(=O)[nH]c(N)nc21)OCc1ccccc1.Cc1ccc(C(=O)SCCOP(=O)(COCCn2cnc3c(=O)[nH]c(N)nc32)OCc2ccccc2)cc1.Nc1nc2c(ncn2CCOCP(=O)(OCCSC(=O)C2CCC2)OCc2ccccc2)c(=O)[nH]1.Nc1nc2c(ncn2CCOCP(=O)(OCCSC(=O)c2ccccc2)OCc2ccccc2)c(=O)[nH]1. The molecule has 4 unspecified atom stereocenters. The van der Waals surface area contributed by atoms with Crippen molar-refractivity contribution >= 4 is 166 Å². The number of hydrogen-bond acceptors (Lipinski definition) is 40. The van der Waals surface area contributed by atoms with Gasteiger partial charge in [0.05, 0.1) is 105 Å². The Labute approximate surface area is 841 Å². The molecule has 0 saturated heterocycles. The van der Waals surface area contributed by atoms with Crippen molar-refractivity contribution in [1.82, 2.24) is 78.1 Å². The second-order valence-electron chi connectivity index (χ2n) is 31.2. The van der Waals surface area contributed by atoms with Crippen LogP contribution in [0.3, 0.4) is 0 Å². The second-order valence-corrected chi connectivity index (χ2v) is 43.6. The van der Waals surface area contributed by atoms with Crippen LogP contribution in [0.2, 0.25) is 0 Å². The molecule has 6 aromatic carbocycles. The van der Waals surface area contributed by atoms with Crippen LogP contribution in [0.25, 0.3) is 44.7 Å². The summed E-state index contributed by atoms with van der Waals surface area (Å²) in [6.45, 7) is 7.77. The average Bonchev–Trinajstić information content (AvgIpc) is 1.67. The number of ether oxygens (including phenoxy) is 4. The first-order valence-corrected chi connectivity index (χ1v) is 55.7. The molecule has 0 bridgehead atoms. The maximum Gasteiger partial charge on any atom is 0.356 e. The molecule has 1 saturated carbocycles. The first-order valence-electron chi connectivity index (χ1n) is 44.8. The van der Waals surface area contributed by atoms with Gasteiger partial charge in [0.2, 0.25) is 34.0 Å². The lowest BCUT2D eigenvalue weighted by Crippen LogP contribution is -2.19. The number of nitrogens with two attached hydrogens (primary N) is 4. The smallest absolute Gasteiger partial charge is 0.356 e. The van der Waals surface area contributed by atoms with Crippen molar-refractivity contribution in [1.29, 1.82) is 0 Å². The van der Waals surface area contributed by atoms with Crippen LogP contribution in [0.1, 0.15) is 74.2 Å². The third kappa shape index (κ3) is 35.6. The maximum absolute atomic E-state index is 13.4. The van der Waals surface area contributed by atoms with Gasteiger partial charge in [-0.25, -0.2) is 19.9 Å². The van der Waals surface area contributed by atoms with Gasteiger partial charge in [0.1, 0.15) is 25.4 Å². The van der Waals surface area contributed by atoms with E-state index in [-0.39, 0.29) is 203 Å². The summed E-state index contributed by atoms with van der Waals surface area (Å²) in [5.74, 6) is 1.41. The number of aromatic amines is 4.